The molecule has 1 aromatic rings. The summed E-state index contributed by atoms with van der Waals surface area (Å²) >= 11 is 5.69. The molecule has 7 heteroatoms. The summed E-state index contributed by atoms with van der Waals surface area (Å²) < 4.78 is 0. The summed E-state index contributed by atoms with van der Waals surface area (Å²) in [5.74, 6) is -0.980. The molecule has 0 atom stereocenters. The second-order valence-corrected chi connectivity index (χ2v) is 3.77. The molecule has 1 aromatic heterocycles. The van der Waals surface area contributed by atoms with Gasteiger partial charge in [-0.05, 0) is 13.0 Å². The molecule has 1 rings (SSSR count). The minimum Gasteiger partial charge on any atom is -0.397 e. The number of rotatable bonds is 4. The third-order valence-corrected chi connectivity index (χ3v) is 2.35. The van der Waals surface area contributed by atoms with Crippen molar-refractivity contribution < 1.29 is 9.59 Å². The average molecular weight is 257 g/mol. The van der Waals surface area contributed by atoms with Gasteiger partial charge in [0.2, 0.25) is 5.91 Å². The molecule has 92 valence electrons. The number of aromatic nitrogens is 1. The first kappa shape index (κ1) is 13.2. The molecule has 0 saturated carbocycles. The Hall–Kier alpha value is -1.82. The van der Waals surface area contributed by atoms with Gasteiger partial charge in [-0.25, -0.2) is 4.98 Å². The number of primary amides is 1. The molecule has 0 radical (unpaired) electrons. The van der Waals surface area contributed by atoms with E-state index in [1.807, 2.05) is 0 Å². The van der Waals surface area contributed by atoms with E-state index in [4.69, 9.17) is 23.1 Å². The summed E-state index contributed by atoms with van der Waals surface area (Å²) in [5.41, 5.74) is 11.1. The summed E-state index contributed by atoms with van der Waals surface area (Å²) in [7, 11) is 0. The molecule has 0 saturated heterocycles. The highest BCUT2D eigenvalue weighted by molar-refractivity contribution is 6.29. The third kappa shape index (κ3) is 3.32. The first-order valence-electron chi connectivity index (χ1n) is 4.94. The smallest absolute Gasteiger partial charge is 0.256 e. The van der Waals surface area contributed by atoms with E-state index >= 15 is 0 Å². The van der Waals surface area contributed by atoms with Crippen LogP contribution in [0.1, 0.15) is 17.3 Å². The van der Waals surface area contributed by atoms with Crippen molar-refractivity contribution in [3.05, 3.63) is 23.0 Å². The number of carbonyl (C=O) groups is 2. The fourth-order valence-electron chi connectivity index (χ4n) is 1.31. The average Bonchev–Trinajstić information content (AvgIpc) is 2.28. The maximum absolute atomic E-state index is 12.0. The molecule has 6 nitrogen and oxygen atoms in total. The lowest BCUT2D eigenvalue weighted by Gasteiger charge is -2.19. The van der Waals surface area contributed by atoms with Gasteiger partial charge in [0.05, 0.1) is 24.0 Å². The van der Waals surface area contributed by atoms with Crippen molar-refractivity contribution in [3.63, 3.8) is 0 Å². The Balaban J connectivity index is 3.01. The molecular weight excluding hydrogens is 244 g/mol. The monoisotopic (exact) mass is 256 g/mol. The van der Waals surface area contributed by atoms with Crippen LogP contribution < -0.4 is 11.5 Å². The molecule has 2 amide bonds. The molecule has 0 spiro atoms. The Morgan fingerprint density at radius 2 is 2.18 bits per heavy atom. The third-order valence-electron chi connectivity index (χ3n) is 2.15. The molecule has 4 N–H and O–H groups in total. The second kappa shape index (κ2) is 5.49. The Kier molecular flexibility index (Phi) is 4.28. The molecule has 0 aromatic carbocycles. The van der Waals surface area contributed by atoms with Crippen molar-refractivity contribution in [2.45, 2.75) is 6.92 Å². The van der Waals surface area contributed by atoms with Gasteiger partial charge in [-0.3, -0.25) is 9.59 Å². The quantitative estimate of drug-likeness (QED) is 0.755. The summed E-state index contributed by atoms with van der Waals surface area (Å²) in [6.45, 7) is 1.93. The predicted octanol–water partition coefficient (Wildman–Crippen LogP) is 0.265. The van der Waals surface area contributed by atoms with Gasteiger partial charge in [0.25, 0.3) is 5.91 Å². The number of nitrogens with zero attached hydrogens (tertiary/aromatic N) is 2. The van der Waals surface area contributed by atoms with Gasteiger partial charge in [-0.2, -0.15) is 0 Å². The van der Waals surface area contributed by atoms with E-state index in [0.29, 0.717) is 6.54 Å². The number of amides is 2. The van der Waals surface area contributed by atoms with Crippen LogP contribution in [0, 0.1) is 0 Å². The largest absolute Gasteiger partial charge is 0.397 e. The van der Waals surface area contributed by atoms with Crippen LogP contribution in [-0.2, 0) is 4.79 Å². The van der Waals surface area contributed by atoms with Gasteiger partial charge in [-0.15, -0.1) is 0 Å². The minimum atomic E-state index is -0.584. The summed E-state index contributed by atoms with van der Waals surface area (Å²) in [6, 6.07) is 1.36. The zero-order chi connectivity index (χ0) is 13.0. The summed E-state index contributed by atoms with van der Waals surface area (Å²) in [4.78, 5) is 27.9. The van der Waals surface area contributed by atoms with E-state index in [2.05, 4.69) is 4.98 Å². The van der Waals surface area contributed by atoms with Gasteiger partial charge in [0, 0.05) is 6.54 Å². The molecule has 0 aliphatic carbocycles. The standard InChI is InChI=1S/C10H13ClN4O2/c1-2-15(5-9(13)16)10(17)6-3-8(11)14-4-7(6)12/h3-4H,2,5,12H2,1H3,(H2,13,16). The van der Waals surface area contributed by atoms with Crippen LogP contribution in [0.3, 0.4) is 0 Å². The highest BCUT2D eigenvalue weighted by Gasteiger charge is 2.18. The minimum absolute atomic E-state index is 0.158. The molecule has 0 fully saturated rings. The fraction of sp³-hybridized carbons (Fsp3) is 0.300. The van der Waals surface area contributed by atoms with Crippen molar-refractivity contribution in [2.75, 3.05) is 18.8 Å². The van der Waals surface area contributed by atoms with Crippen molar-refractivity contribution in [2.24, 2.45) is 5.73 Å². The van der Waals surface area contributed by atoms with E-state index in [1.165, 1.54) is 17.2 Å². The van der Waals surface area contributed by atoms with Crippen molar-refractivity contribution in [1.29, 1.82) is 0 Å². The maximum atomic E-state index is 12.0. The van der Waals surface area contributed by atoms with Gasteiger partial charge < -0.3 is 16.4 Å². The maximum Gasteiger partial charge on any atom is 0.256 e. The van der Waals surface area contributed by atoms with E-state index < -0.39 is 11.8 Å². The van der Waals surface area contributed by atoms with Crippen LogP contribution >= 0.6 is 11.6 Å². The molecule has 0 aliphatic heterocycles. The summed E-state index contributed by atoms with van der Waals surface area (Å²) in [6.07, 6.45) is 1.30. The highest BCUT2D eigenvalue weighted by Crippen LogP contribution is 2.16. The lowest BCUT2D eigenvalue weighted by atomic mass is 10.2. The van der Waals surface area contributed by atoms with Crippen molar-refractivity contribution in [3.8, 4) is 0 Å². The Morgan fingerprint density at radius 1 is 1.53 bits per heavy atom. The molecular formula is C10H13ClN4O2. The zero-order valence-electron chi connectivity index (χ0n) is 9.31. The van der Waals surface area contributed by atoms with E-state index in [1.54, 1.807) is 6.92 Å². The van der Waals surface area contributed by atoms with Gasteiger partial charge in [0.15, 0.2) is 0 Å². The number of likely N-dealkylation sites (N-methyl/N-ethyl adjacent to an activating group) is 1. The Bertz CT molecular complexity index is 450. The van der Waals surface area contributed by atoms with E-state index in [-0.39, 0.29) is 22.9 Å². The van der Waals surface area contributed by atoms with Crippen LogP contribution in [0.5, 0.6) is 0 Å². The zero-order valence-corrected chi connectivity index (χ0v) is 10.1. The van der Waals surface area contributed by atoms with Crippen molar-refractivity contribution in [1.82, 2.24) is 9.88 Å². The SMILES string of the molecule is CCN(CC(N)=O)C(=O)c1cc(Cl)ncc1N. The Morgan fingerprint density at radius 3 is 2.71 bits per heavy atom. The number of halogens is 1. The number of hydrogen-bond acceptors (Lipinski definition) is 4. The molecule has 0 unspecified atom stereocenters. The van der Waals surface area contributed by atoms with Crippen LogP contribution in [0.25, 0.3) is 0 Å². The molecule has 0 aliphatic rings. The van der Waals surface area contributed by atoms with Gasteiger partial charge in [-0.1, -0.05) is 11.6 Å². The highest BCUT2D eigenvalue weighted by atomic mass is 35.5. The Labute approximate surface area is 104 Å². The van der Waals surface area contributed by atoms with E-state index in [0.717, 1.165) is 0 Å². The fourth-order valence-corrected chi connectivity index (χ4v) is 1.47. The number of nitrogen functional groups attached to an aromatic ring is 1. The summed E-state index contributed by atoms with van der Waals surface area (Å²) in [5, 5.41) is 0.165. The lowest BCUT2D eigenvalue weighted by molar-refractivity contribution is -0.118. The number of carbonyl (C=O) groups excluding carboxylic acids is 2. The number of pyridine rings is 1. The number of hydrogen-bond donors (Lipinski definition) is 2. The molecule has 17 heavy (non-hydrogen) atoms. The van der Waals surface area contributed by atoms with Crippen molar-refractivity contribution >= 4 is 29.1 Å². The number of nitrogens with two attached hydrogens (primary N) is 2. The second-order valence-electron chi connectivity index (χ2n) is 3.38. The molecule has 1 heterocycles. The van der Waals surface area contributed by atoms with Gasteiger partial charge >= 0.3 is 0 Å². The van der Waals surface area contributed by atoms with Crippen LogP contribution in [0.4, 0.5) is 5.69 Å². The van der Waals surface area contributed by atoms with Crippen LogP contribution in [0.15, 0.2) is 12.3 Å². The topological polar surface area (TPSA) is 102 Å². The van der Waals surface area contributed by atoms with Gasteiger partial charge in [0.1, 0.15) is 5.15 Å². The lowest BCUT2D eigenvalue weighted by Crippen LogP contribution is -2.38. The number of anilines is 1. The molecule has 0 bridgehead atoms. The van der Waals surface area contributed by atoms with Crippen LogP contribution in [0.2, 0.25) is 5.15 Å². The first-order chi connectivity index (χ1) is 7.95. The van der Waals surface area contributed by atoms with Crippen LogP contribution in [-0.4, -0.2) is 34.8 Å². The van der Waals surface area contributed by atoms with E-state index in [9.17, 15) is 9.59 Å². The first-order valence-corrected chi connectivity index (χ1v) is 5.32. The predicted molar refractivity (Wildman–Crippen MR) is 64.4 cm³/mol. The normalized spacial score (nSPS) is 10.0.